The Bertz CT molecular complexity index is 1100. The second-order valence-corrected chi connectivity index (χ2v) is 11.2. The predicted octanol–water partition coefficient (Wildman–Crippen LogP) is 8.89. The maximum Gasteiger partial charge on any atom is -0.00144 e. The zero-order valence-corrected chi connectivity index (χ0v) is 19.2. The van der Waals surface area contributed by atoms with Crippen molar-refractivity contribution in [1.29, 1.82) is 0 Å². The van der Waals surface area contributed by atoms with Crippen molar-refractivity contribution in [2.45, 2.75) is 52.4 Å². The highest BCUT2D eigenvalue weighted by molar-refractivity contribution is 7.08. The lowest BCUT2D eigenvalue weighted by atomic mass is 9.77. The molecule has 0 aliphatic carbocycles. The first-order valence-corrected chi connectivity index (χ1v) is 11.7. The number of benzene rings is 2. The quantitative estimate of drug-likeness (QED) is 0.313. The minimum absolute atomic E-state index is 0.0684. The maximum atomic E-state index is 2.45. The lowest BCUT2D eigenvalue weighted by Crippen LogP contribution is -2.14. The van der Waals surface area contributed by atoms with E-state index in [0.717, 1.165) is 0 Å². The average Bonchev–Trinajstić information content (AvgIpc) is 3.32. The normalized spacial score (nSPS) is 12.6. The summed E-state index contributed by atoms with van der Waals surface area (Å²) in [4.78, 5) is 0. The van der Waals surface area contributed by atoms with Gasteiger partial charge in [-0.2, -0.15) is 22.7 Å². The number of rotatable bonds is 2. The highest BCUT2D eigenvalue weighted by Crippen LogP contribution is 2.44. The van der Waals surface area contributed by atoms with Crippen molar-refractivity contribution in [3.05, 3.63) is 69.0 Å². The molecule has 0 saturated heterocycles. The van der Waals surface area contributed by atoms with Crippen LogP contribution in [0, 0.1) is 0 Å². The van der Waals surface area contributed by atoms with Crippen LogP contribution in [0.15, 0.2) is 57.9 Å². The Labute approximate surface area is 176 Å². The Balaban J connectivity index is 2.17. The molecule has 2 aromatic carbocycles. The molecule has 0 unspecified atom stereocenters. The minimum Gasteiger partial charge on any atom is -0.152 e. The van der Waals surface area contributed by atoms with Crippen LogP contribution in [-0.4, -0.2) is 0 Å². The lowest BCUT2D eigenvalue weighted by Gasteiger charge is -2.27. The molecular formula is C26H28S2. The second-order valence-electron chi connectivity index (χ2n) is 9.63. The Hall–Kier alpha value is -1.90. The molecule has 0 spiro atoms. The van der Waals surface area contributed by atoms with Gasteiger partial charge in [-0.05, 0) is 101 Å². The summed E-state index contributed by atoms with van der Waals surface area (Å²) in [5.41, 5.74) is 8.40. The molecule has 0 aliphatic heterocycles. The third kappa shape index (κ3) is 3.44. The van der Waals surface area contributed by atoms with Crippen LogP contribution in [0.25, 0.3) is 33.0 Å². The average molecular weight is 405 g/mol. The van der Waals surface area contributed by atoms with E-state index in [1.165, 1.54) is 44.2 Å². The van der Waals surface area contributed by atoms with Gasteiger partial charge in [0.15, 0.2) is 0 Å². The van der Waals surface area contributed by atoms with E-state index >= 15 is 0 Å². The predicted molar refractivity (Wildman–Crippen MR) is 128 cm³/mol. The summed E-state index contributed by atoms with van der Waals surface area (Å²) >= 11 is 3.54. The molecule has 0 fully saturated rings. The fourth-order valence-corrected chi connectivity index (χ4v) is 5.16. The van der Waals surface area contributed by atoms with Gasteiger partial charge in [0, 0.05) is 0 Å². The van der Waals surface area contributed by atoms with Gasteiger partial charge in [0.05, 0.1) is 0 Å². The van der Waals surface area contributed by atoms with Gasteiger partial charge in [0.25, 0.3) is 0 Å². The van der Waals surface area contributed by atoms with Crippen LogP contribution in [-0.2, 0) is 10.8 Å². The van der Waals surface area contributed by atoms with Crippen molar-refractivity contribution in [2.75, 3.05) is 0 Å². The van der Waals surface area contributed by atoms with E-state index in [-0.39, 0.29) is 10.8 Å². The fourth-order valence-electron chi connectivity index (χ4n) is 3.86. The smallest absolute Gasteiger partial charge is 0.00144 e. The molecule has 0 atom stereocenters. The van der Waals surface area contributed by atoms with E-state index in [0.29, 0.717) is 0 Å². The number of fused-ring (bicyclic) bond motifs is 1. The van der Waals surface area contributed by atoms with Crippen molar-refractivity contribution in [3.8, 4) is 22.3 Å². The van der Waals surface area contributed by atoms with E-state index in [1.807, 2.05) is 0 Å². The maximum absolute atomic E-state index is 2.45. The van der Waals surface area contributed by atoms with E-state index in [1.54, 1.807) is 22.7 Å². The van der Waals surface area contributed by atoms with E-state index in [2.05, 4.69) is 99.5 Å². The van der Waals surface area contributed by atoms with Gasteiger partial charge in [0.1, 0.15) is 0 Å². The summed E-state index contributed by atoms with van der Waals surface area (Å²) in [5, 5.41) is 11.6. The third-order valence-corrected chi connectivity index (χ3v) is 6.82. The van der Waals surface area contributed by atoms with Crippen molar-refractivity contribution in [1.82, 2.24) is 0 Å². The van der Waals surface area contributed by atoms with E-state index < -0.39 is 0 Å². The zero-order chi connectivity index (χ0) is 20.1. The number of hydrogen-bond acceptors (Lipinski definition) is 2. The van der Waals surface area contributed by atoms with Gasteiger partial charge in [0.2, 0.25) is 0 Å². The Morgan fingerprint density at radius 3 is 1.82 bits per heavy atom. The highest BCUT2D eigenvalue weighted by atomic mass is 32.1. The molecule has 2 heterocycles. The molecular weight excluding hydrogens is 376 g/mol. The van der Waals surface area contributed by atoms with Gasteiger partial charge in [-0.15, -0.1) is 0 Å². The second kappa shape index (κ2) is 6.86. The van der Waals surface area contributed by atoms with Crippen LogP contribution in [0.1, 0.15) is 52.7 Å². The van der Waals surface area contributed by atoms with Crippen molar-refractivity contribution >= 4 is 33.4 Å². The van der Waals surface area contributed by atoms with Crippen LogP contribution in [0.2, 0.25) is 0 Å². The summed E-state index contributed by atoms with van der Waals surface area (Å²) in [6, 6.07) is 14.1. The first-order valence-electron chi connectivity index (χ1n) is 9.83. The molecule has 0 bridgehead atoms. The van der Waals surface area contributed by atoms with Crippen molar-refractivity contribution in [2.24, 2.45) is 0 Å². The molecule has 0 saturated carbocycles. The SMILES string of the molecule is CC(C)(C)c1ccc2c(-c3ccsc3)c(C(C)(C)C)cc(-c3ccsc3)c2c1. The number of hydrogen-bond donors (Lipinski definition) is 0. The monoisotopic (exact) mass is 404 g/mol. The summed E-state index contributed by atoms with van der Waals surface area (Å²) in [5.74, 6) is 0. The fraction of sp³-hybridized carbons (Fsp3) is 0.308. The summed E-state index contributed by atoms with van der Waals surface area (Å²) in [6.45, 7) is 13.9. The Morgan fingerprint density at radius 1 is 0.643 bits per heavy atom. The van der Waals surface area contributed by atoms with Crippen LogP contribution >= 0.6 is 22.7 Å². The topological polar surface area (TPSA) is 0 Å². The van der Waals surface area contributed by atoms with Gasteiger partial charge < -0.3 is 0 Å². The van der Waals surface area contributed by atoms with Gasteiger partial charge in [-0.1, -0.05) is 53.7 Å². The van der Waals surface area contributed by atoms with Crippen molar-refractivity contribution in [3.63, 3.8) is 0 Å². The van der Waals surface area contributed by atoms with Crippen LogP contribution in [0.5, 0.6) is 0 Å². The number of thiophene rings is 2. The summed E-state index contributed by atoms with van der Waals surface area (Å²) in [7, 11) is 0. The first kappa shape index (κ1) is 19.4. The van der Waals surface area contributed by atoms with Crippen LogP contribution in [0.3, 0.4) is 0 Å². The molecule has 0 nitrogen and oxygen atoms in total. The molecule has 2 aromatic heterocycles. The zero-order valence-electron chi connectivity index (χ0n) is 17.6. The molecule has 0 amide bonds. The standard InChI is InChI=1S/C26H28S2/c1-25(2,3)19-7-8-20-22(13-19)21(17-9-11-27-15-17)14-23(26(4,5)6)24(20)18-10-12-28-16-18/h7-16H,1-6H3. The summed E-state index contributed by atoms with van der Waals surface area (Å²) in [6.07, 6.45) is 0. The first-order chi connectivity index (χ1) is 13.2. The van der Waals surface area contributed by atoms with Crippen LogP contribution < -0.4 is 0 Å². The Morgan fingerprint density at radius 2 is 1.29 bits per heavy atom. The highest BCUT2D eigenvalue weighted by Gasteiger charge is 2.24. The molecule has 28 heavy (non-hydrogen) atoms. The molecule has 0 radical (unpaired) electrons. The summed E-state index contributed by atoms with van der Waals surface area (Å²) < 4.78 is 0. The minimum atomic E-state index is 0.0684. The molecule has 2 heteroatoms. The Kier molecular flexibility index (Phi) is 4.76. The van der Waals surface area contributed by atoms with Gasteiger partial charge in [-0.25, -0.2) is 0 Å². The van der Waals surface area contributed by atoms with Gasteiger partial charge in [-0.3, -0.25) is 0 Å². The molecule has 144 valence electrons. The molecule has 4 aromatic rings. The van der Waals surface area contributed by atoms with Crippen molar-refractivity contribution < 1.29 is 0 Å². The van der Waals surface area contributed by atoms with Gasteiger partial charge >= 0.3 is 0 Å². The molecule has 4 rings (SSSR count). The largest absolute Gasteiger partial charge is 0.152 e. The van der Waals surface area contributed by atoms with E-state index in [4.69, 9.17) is 0 Å². The van der Waals surface area contributed by atoms with E-state index in [9.17, 15) is 0 Å². The third-order valence-electron chi connectivity index (χ3n) is 5.45. The van der Waals surface area contributed by atoms with Crippen LogP contribution in [0.4, 0.5) is 0 Å². The lowest BCUT2D eigenvalue weighted by molar-refractivity contribution is 0.590. The molecule has 0 aliphatic rings. The molecule has 0 N–H and O–H groups in total.